The van der Waals surface area contributed by atoms with Crippen LogP contribution in [0.15, 0.2) is 69.5 Å². The third kappa shape index (κ3) is 5.79. The molecule has 27 heavy (non-hydrogen) atoms. The summed E-state index contributed by atoms with van der Waals surface area (Å²) in [5.74, 6) is -0.861. The number of benzene rings is 2. The molecule has 0 heterocycles. The van der Waals surface area contributed by atoms with Gasteiger partial charge in [-0.3, -0.25) is 14.4 Å². The van der Waals surface area contributed by atoms with Gasteiger partial charge in [0, 0.05) is 17.0 Å². The van der Waals surface area contributed by atoms with Crippen LogP contribution in [-0.2, 0) is 23.9 Å². The van der Waals surface area contributed by atoms with Crippen LogP contribution >= 0.6 is 11.8 Å². The number of carbonyl (C=O) groups excluding carboxylic acids is 1. The molecule has 0 amide bonds. The van der Waals surface area contributed by atoms with E-state index in [9.17, 15) is 23.3 Å². The highest BCUT2D eigenvalue weighted by atomic mass is 32.2. The second-order valence-corrected chi connectivity index (χ2v) is 7.41. The predicted octanol–water partition coefficient (Wildman–Crippen LogP) is 2.97. The van der Waals surface area contributed by atoms with E-state index < -0.39 is 31.6 Å². The highest BCUT2D eigenvalue weighted by Crippen LogP contribution is 2.23. The van der Waals surface area contributed by atoms with Gasteiger partial charge in [-0.05, 0) is 25.1 Å². The van der Waals surface area contributed by atoms with E-state index >= 15 is 0 Å². The van der Waals surface area contributed by atoms with Gasteiger partial charge in [-0.2, -0.15) is 8.42 Å². The summed E-state index contributed by atoms with van der Waals surface area (Å²) in [5, 5.41) is 13.9. The zero-order chi connectivity index (χ0) is 19.9. The van der Waals surface area contributed by atoms with Crippen LogP contribution in [0, 0.1) is 10.1 Å². The number of carbonyl (C=O) groups is 1. The first kappa shape index (κ1) is 20.4. The Morgan fingerprint density at radius 3 is 2.52 bits per heavy atom. The largest absolute Gasteiger partial charge is 0.461 e. The summed E-state index contributed by atoms with van der Waals surface area (Å²) in [4.78, 5) is 22.2. The van der Waals surface area contributed by atoms with Crippen LogP contribution in [0.3, 0.4) is 0 Å². The van der Waals surface area contributed by atoms with Gasteiger partial charge in [0.25, 0.3) is 5.69 Å². The first-order chi connectivity index (χ1) is 12.8. The van der Waals surface area contributed by atoms with Gasteiger partial charge in [-0.15, -0.1) is 0 Å². The van der Waals surface area contributed by atoms with Crippen molar-refractivity contribution in [3.8, 4) is 0 Å². The maximum atomic E-state index is 12.2. The van der Waals surface area contributed by atoms with Gasteiger partial charge in [-0.1, -0.05) is 41.2 Å². The summed E-state index contributed by atoms with van der Waals surface area (Å²) in [7, 11) is -4.47. The lowest BCUT2D eigenvalue weighted by Crippen LogP contribution is -2.16. The molecule has 0 N–H and O–H groups in total. The Hall–Kier alpha value is -2.92. The molecule has 0 saturated carbocycles. The van der Waals surface area contributed by atoms with Gasteiger partial charge in [0.05, 0.1) is 11.5 Å². The van der Waals surface area contributed by atoms with E-state index in [0.717, 1.165) is 30.0 Å². The number of oxime groups is 1. The number of thioether (sulfide) groups is 1. The lowest BCUT2D eigenvalue weighted by atomic mass is 10.3. The zero-order valence-corrected chi connectivity index (χ0v) is 15.6. The van der Waals surface area contributed by atoms with Crippen LogP contribution in [0.2, 0.25) is 0 Å². The summed E-state index contributed by atoms with van der Waals surface area (Å²) >= 11 is 0.858. The Kier molecular flexibility index (Phi) is 6.91. The fourth-order valence-corrected chi connectivity index (χ4v) is 3.32. The smallest absolute Gasteiger partial charge is 0.367 e. The first-order valence-electron chi connectivity index (χ1n) is 7.49. The van der Waals surface area contributed by atoms with Crippen molar-refractivity contribution in [2.75, 3.05) is 6.61 Å². The van der Waals surface area contributed by atoms with Crippen molar-refractivity contribution < 1.29 is 27.2 Å². The van der Waals surface area contributed by atoms with E-state index in [-0.39, 0.29) is 11.7 Å². The molecule has 0 unspecified atom stereocenters. The van der Waals surface area contributed by atoms with E-state index in [4.69, 9.17) is 4.74 Å². The molecule has 0 bridgehead atoms. The lowest BCUT2D eigenvalue weighted by Gasteiger charge is -2.06. The molecule has 2 rings (SSSR count). The number of nitrogens with zero attached hydrogens (tertiary/aromatic N) is 2. The highest BCUT2D eigenvalue weighted by molar-refractivity contribution is 8.15. The van der Waals surface area contributed by atoms with Gasteiger partial charge >= 0.3 is 16.1 Å². The molecule has 0 aromatic heterocycles. The number of nitro groups is 1. The quantitative estimate of drug-likeness (QED) is 0.178. The van der Waals surface area contributed by atoms with Crippen molar-refractivity contribution >= 4 is 38.6 Å². The Labute approximate surface area is 159 Å². The van der Waals surface area contributed by atoms with Gasteiger partial charge < -0.3 is 4.74 Å². The first-order valence-corrected chi connectivity index (χ1v) is 9.72. The van der Waals surface area contributed by atoms with Gasteiger partial charge in [-0.25, -0.2) is 4.79 Å². The summed E-state index contributed by atoms with van der Waals surface area (Å²) < 4.78 is 33.9. The van der Waals surface area contributed by atoms with Gasteiger partial charge in [0.15, 0.2) is 0 Å². The van der Waals surface area contributed by atoms with E-state index in [1.165, 1.54) is 6.07 Å². The Balaban J connectivity index is 2.29. The van der Waals surface area contributed by atoms with E-state index in [1.807, 2.05) is 0 Å². The standard InChI is InChI=1S/C16H14N2O7S2/c1-2-24-16(19)15(26-13-8-4-3-5-9-13)17-25-27(22,23)14-10-6-7-12(11-14)18(20)21/h3-11H,2H2,1H3. The average molecular weight is 410 g/mol. The van der Waals surface area contributed by atoms with Crippen molar-refractivity contribution in [3.63, 3.8) is 0 Å². The van der Waals surface area contributed by atoms with Crippen LogP contribution in [-0.4, -0.2) is 31.0 Å². The topological polar surface area (TPSA) is 125 Å². The fraction of sp³-hybridized carbons (Fsp3) is 0.125. The van der Waals surface area contributed by atoms with Crippen molar-refractivity contribution in [2.45, 2.75) is 16.7 Å². The van der Waals surface area contributed by atoms with Crippen LogP contribution in [0.1, 0.15) is 6.92 Å². The maximum Gasteiger partial charge on any atom is 0.367 e. The van der Waals surface area contributed by atoms with Crippen molar-refractivity contribution in [1.82, 2.24) is 0 Å². The Morgan fingerprint density at radius 2 is 1.89 bits per heavy atom. The number of rotatable bonds is 6. The number of esters is 1. The number of hydrogen-bond donors (Lipinski definition) is 0. The maximum absolute atomic E-state index is 12.2. The molecule has 0 aliphatic heterocycles. The molecule has 2 aromatic rings. The van der Waals surface area contributed by atoms with E-state index in [1.54, 1.807) is 37.3 Å². The molecule has 0 radical (unpaired) electrons. The minimum absolute atomic E-state index is 0.0604. The molecule has 0 spiro atoms. The van der Waals surface area contributed by atoms with Gasteiger partial charge in [0.1, 0.15) is 4.90 Å². The average Bonchev–Trinajstić information content (AvgIpc) is 2.66. The number of non-ortho nitro benzene ring substituents is 1. The molecule has 0 fully saturated rings. The zero-order valence-electron chi connectivity index (χ0n) is 14.0. The van der Waals surface area contributed by atoms with Crippen molar-refractivity contribution in [3.05, 3.63) is 64.7 Å². The summed E-state index contributed by atoms with van der Waals surface area (Å²) in [6.45, 7) is 1.65. The monoisotopic (exact) mass is 410 g/mol. The molecule has 0 atom stereocenters. The minimum Gasteiger partial charge on any atom is -0.461 e. The molecule has 2 aromatic carbocycles. The third-order valence-corrected chi connectivity index (χ3v) is 4.99. The van der Waals surface area contributed by atoms with Crippen molar-refractivity contribution in [1.29, 1.82) is 0 Å². The summed E-state index contributed by atoms with van der Waals surface area (Å²) in [6, 6.07) is 12.9. The minimum atomic E-state index is -4.47. The van der Waals surface area contributed by atoms with Crippen LogP contribution < -0.4 is 0 Å². The van der Waals surface area contributed by atoms with Crippen molar-refractivity contribution in [2.24, 2.45) is 5.16 Å². The molecular formula is C16H14N2O7S2. The molecule has 142 valence electrons. The number of nitro benzene ring substituents is 1. The fourth-order valence-electron chi connectivity index (χ4n) is 1.77. The Morgan fingerprint density at radius 1 is 1.19 bits per heavy atom. The number of ether oxygens (including phenoxy) is 1. The third-order valence-electron chi connectivity index (χ3n) is 2.94. The summed E-state index contributed by atoms with van der Waals surface area (Å²) in [5.41, 5.74) is -0.423. The second-order valence-electron chi connectivity index (χ2n) is 4.82. The molecule has 11 heteroatoms. The highest BCUT2D eigenvalue weighted by Gasteiger charge is 2.22. The molecule has 0 saturated heterocycles. The lowest BCUT2D eigenvalue weighted by molar-refractivity contribution is -0.385. The molecular weight excluding hydrogens is 396 g/mol. The Bertz CT molecular complexity index is 960. The van der Waals surface area contributed by atoms with Crippen LogP contribution in [0.4, 0.5) is 5.69 Å². The molecule has 9 nitrogen and oxygen atoms in total. The normalized spacial score (nSPS) is 11.7. The van der Waals surface area contributed by atoms with E-state index in [0.29, 0.717) is 4.90 Å². The summed E-state index contributed by atoms with van der Waals surface area (Å²) in [6.07, 6.45) is 0. The van der Waals surface area contributed by atoms with Gasteiger partial charge in [0.2, 0.25) is 5.04 Å². The van der Waals surface area contributed by atoms with E-state index in [2.05, 4.69) is 9.44 Å². The number of hydrogen-bond acceptors (Lipinski definition) is 9. The second kappa shape index (κ2) is 9.14. The predicted molar refractivity (Wildman–Crippen MR) is 97.7 cm³/mol. The SMILES string of the molecule is CCOC(=O)C(=NOS(=O)(=O)c1cccc([N+](=O)[O-])c1)Sc1ccccc1. The van der Waals surface area contributed by atoms with Crippen LogP contribution in [0.25, 0.3) is 0 Å². The molecule has 0 aliphatic rings. The van der Waals surface area contributed by atoms with Crippen LogP contribution in [0.5, 0.6) is 0 Å². The molecule has 0 aliphatic carbocycles.